The number of rotatable bonds is 6. The number of aliphatic carboxylic acids is 1. The Morgan fingerprint density at radius 1 is 1.38 bits per heavy atom. The zero-order valence-electron chi connectivity index (χ0n) is 13.6. The minimum absolute atomic E-state index is 0.110. The zero-order chi connectivity index (χ0) is 17.7. The van der Waals surface area contributed by atoms with Crippen LogP contribution in [0.1, 0.15) is 32.8 Å². The second kappa shape index (κ2) is 7.96. The molecule has 2 N–H and O–H groups in total. The van der Waals surface area contributed by atoms with E-state index in [1.807, 2.05) is 38.1 Å². The van der Waals surface area contributed by atoms with Crippen LogP contribution in [0.3, 0.4) is 0 Å². The standard InChI is InChI=1S/C16H19N3O4S/c1-9(2)23-12-6-4-11(5-7-12)10(3)18-19-16-17-15(22)13(24-16)8-14(20)21/h4-7,9,13H,8H2,1-3H3,(H,20,21)(H,17,19,22)/b18-10+. The lowest BCUT2D eigenvalue weighted by molar-refractivity contribution is -0.138. The Labute approximate surface area is 144 Å². The van der Waals surface area contributed by atoms with Crippen LogP contribution in [-0.2, 0) is 9.59 Å². The Hall–Kier alpha value is -2.35. The van der Waals surface area contributed by atoms with Crippen molar-refractivity contribution in [2.75, 3.05) is 0 Å². The van der Waals surface area contributed by atoms with Gasteiger partial charge in [0.25, 0.3) is 0 Å². The van der Waals surface area contributed by atoms with Crippen LogP contribution in [0.2, 0.25) is 0 Å². The van der Waals surface area contributed by atoms with Crippen LogP contribution in [-0.4, -0.2) is 39.2 Å². The zero-order valence-corrected chi connectivity index (χ0v) is 14.5. The molecule has 0 radical (unpaired) electrons. The minimum Gasteiger partial charge on any atom is -0.491 e. The number of thioether (sulfide) groups is 1. The number of nitrogens with one attached hydrogen (secondary N) is 1. The lowest BCUT2D eigenvalue weighted by Gasteiger charge is -2.09. The monoisotopic (exact) mass is 349 g/mol. The van der Waals surface area contributed by atoms with E-state index in [-0.39, 0.29) is 18.4 Å². The third-order valence-electron chi connectivity index (χ3n) is 3.07. The first kappa shape index (κ1) is 18.0. The summed E-state index contributed by atoms with van der Waals surface area (Å²) in [6.45, 7) is 5.72. The maximum absolute atomic E-state index is 11.6. The Kier molecular flexibility index (Phi) is 5.97. The van der Waals surface area contributed by atoms with Crippen LogP contribution in [0.5, 0.6) is 5.75 Å². The smallest absolute Gasteiger partial charge is 0.305 e. The van der Waals surface area contributed by atoms with Crippen LogP contribution in [0.4, 0.5) is 0 Å². The van der Waals surface area contributed by atoms with Gasteiger partial charge < -0.3 is 15.2 Å². The van der Waals surface area contributed by atoms with Crippen LogP contribution < -0.4 is 10.1 Å². The molecule has 1 aliphatic heterocycles. The highest BCUT2D eigenvalue weighted by molar-refractivity contribution is 8.15. The van der Waals surface area contributed by atoms with Crippen molar-refractivity contribution >= 4 is 34.5 Å². The SMILES string of the molecule is C/C(=N\N=C1\NC(=O)C(CC(=O)O)S1)c1ccc(OC(C)C)cc1. The summed E-state index contributed by atoms with van der Waals surface area (Å²) in [6, 6.07) is 7.47. The summed E-state index contributed by atoms with van der Waals surface area (Å²) in [6.07, 6.45) is -0.131. The van der Waals surface area contributed by atoms with Gasteiger partial charge in [-0.2, -0.15) is 5.10 Å². The van der Waals surface area contributed by atoms with Crippen LogP contribution in [0, 0.1) is 0 Å². The molecule has 1 saturated heterocycles. The fourth-order valence-electron chi connectivity index (χ4n) is 1.97. The Bertz CT molecular complexity index is 683. The average Bonchev–Trinajstić information content (AvgIpc) is 2.84. The van der Waals surface area contributed by atoms with Gasteiger partial charge in [0.15, 0.2) is 5.17 Å². The molecule has 7 nitrogen and oxygen atoms in total. The van der Waals surface area contributed by atoms with Crippen molar-refractivity contribution in [3.8, 4) is 5.75 Å². The molecule has 24 heavy (non-hydrogen) atoms. The first-order valence-corrected chi connectivity index (χ1v) is 8.31. The molecule has 1 aromatic carbocycles. The van der Waals surface area contributed by atoms with Crippen molar-refractivity contribution in [1.82, 2.24) is 5.32 Å². The van der Waals surface area contributed by atoms with Gasteiger partial charge in [0.05, 0.1) is 18.2 Å². The molecule has 1 aromatic rings. The van der Waals surface area contributed by atoms with Crippen LogP contribution >= 0.6 is 11.8 Å². The van der Waals surface area contributed by atoms with Gasteiger partial charge in [0.1, 0.15) is 11.0 Å². The molecule has 128 valence electrons. The first-order chi connectivity index (χ1) is 11.3. The molecule has 0 aliphatic carbocycles. The Balaban J connectivity index is 2.03. The number of hydrogen-bond acceptors (Lipinski definition) is 6. The second-order valence-corrected chi connectivity index (χ2v) is 6.67. The molecular weight excluding hydrogens is 330 g/mol. The highest BCUT2D eigenvalue weighted by Gasteiger charge is 2.32. The van der Waals surface area contributed by atoms with Gasteiger partial charge in [-0.1, -0.05) is 11.8 Å². The number of carbonyl (C=O) groups is 2. The second-order valence-electron chi connectivity index (χ2n) is 5.48. The molecule has 2 rings (SSSR count). The van der Waals surface area contributed by atoms with Crippen molar-refractivity contribution in [2.45, 2.75) is 38.5 Å². The largest absolute Gasteiger partial charge is 0.491 e. The molecule has 1 aliphatic rings. The van der Waals surface area contributed by atoms with Gasteiger partial charge in [0, 0.05) is 0 Å². The fraction of sp³-hybridized carbons (Fsp3) is 0.375. The third-order valence-corrected chi connectivity index (χ3v) is 4.14. The molecule has 0 bridgehead atoms. The number of carbonyl (C=O) groups excluding carboxylic acids is 1. The molecule has 1 heterocycles. The summed E-state index contributed by atoms with van der Waals surface area (Å²) < 4.78 is 5.58. The van der Waals surface area contributed by atoms with E-state index in [0.717, 1.165) is 23.1 Å². The molecule has 1 atom stereocenters. The highest BCUT2D eigenvalue weighted by Crippen LogP contribution is 2.22. The van der Waals surface area contributed by atoms with Crippen molar-refractivity contribution in [3.05, 3.63) is 29.8 Å². The van der Waals surface area contributed by atoms with Crippen LogP contribution in [0.25, 0.3) is 0 Å². The third kappa shape index (κ3) is 5.09. The molecule has 0 saturated carbocycles. The average molecular weight is 349 g/mol. The fourth-order valence-corrected chi connectivity index (χ4v) is 2.88. The molecule has 1 amide bonds. The number of nitrogens with zero attached hydrogens (tertiary/aromatic N) is 2. The molecule has 0 spiro atoms. The molecular formula is C16H19N3O4S. The summed E-state index contributed by atoms with van der Waals surface area (Å²) in [5, 5.41) is 19.0. The summed E-state index contributed by atoms with van der Waals surface area (Å²) in [5.41, 5.74) is 1.56. The Morgan fingerprint density at radius 2 is 2.04 bits per heavy atom. The van der Waals surface area contributed by atoms with E-state index >= 15 is 0 Å². The normalized spacial score (nSPS) is 19.7. The number of hydrogen-bond donors (Lipinski definition) is 2. The van der Waals surface area contributed by atoms with Gasteiger partial charge in [0.2, 0.25) is 5.91 Å². The van der Waals surface area contributed by atoms with Gasteiger partial charge in [-0.25, -0.2) is 0 Å². The Morgan fingerprint density at radius 3 is 2.62 bits per heavy atom. The number of amidine groups is 1. The topological polar surface area (TPSA) is 100 Å². The number of amides is 1. The van der Waals surface area contributed by atoms with Gasteiger partial charge in [-0.05, 0) is 50.6 Å². The van der Waals surface area contributed by atoms with Crippen molar-refractivity contribution in [2.24, 2.45) is 10.2 Å². The number of benzene rings is 1. The summed E-state index contributed by atoms with van der Waals surface area (Å²) in [5.74, 6) is -0.598. The van der Waals surface area contributed by atoms with Gasteiger partial charge >= 0.3 is 5.97 Å². The van der Waals surface area contributed by atoms with E-state index in [1.165, 1.54) is 0 Å². The van der Waals surface area contributed by atoms with E-state index in [1.54, 1.807) is 6.92 Å². The van der Waals surface area contributed by atoms with Crippen molar-refractivity contribution in [3.63, 3.8) is 0 Å². The summed E-state index contributed by atoms with van der Waals surface area (Å²) in [4.78, 5) is 22.3. The number of ether oxygens (including phenoxy) is 1. The van der Waals surface area contributed by atoms with Crippen molar-refractivity contribution in [1.29, 1.82) is 0 Å². The van der Waals surface area contributed by atoms with Gasteiger partial charge in [-0.3, -0.25) is 9.59 Å². The highest BCUT2D eigenvalue weighted by atomic mass is 32.2. The van der Waals surface area contributed by atoms with Crippen molar-refractivity contribution < 1.29 is 19.4 Å². The van der Waals surface area contributed by atoms with E-state index in [2.05, 4.69) is 15.5 Å². The van der Waals surface area contributed by atoms with Gasteiger partial charge in [-0.15, -0.1) is 5.10 Å². The van der Waals surface area contributed by atoms with E-state index in [4.69, 9.17) is 9.84 Å². The number of carboxylic acids is 1. The van der Waals surface area contributed by atoms with Crippen LogP contribution in [0.15, 0.2) is 34.5 Å². The van der Waals surface area contributed by atoms with E-state index in [9.17, 15) is 9.59 Å². The first-order valence-electron chi connectivity index (χ1n) is 7.44. The predicted octanol–water partition coefficient (Wildman–Crippen LogP) is 2.26. The quantitative estimate of drug-likeness (QED) is 0.606. The lowest BCUT2D eigenvalue weighted by Crippen LogP contribution is -2.26. The maximum Gasteiger partial charge on any atom is 0.305 e. The molecule has 1 unspecified atom stereocenters. The minimum atomic E-state index is -1.02. The molecule has 0 aromatic heterocycles. The van der Waals surface area contributed by atoms with E-state index in [0.29, 0.717) is 10.9 Å². The maximum atomic E-state index is 11.6. The lowest BCUT2D eigenvalue weighted by atomic mass is 10.1. The summed E-state index contributed by atoms with van der Waals surface area (Å²) in [7, 11) is 0. The predicted molar refractivity (Wildman–Crippen MR) is 93.6 cm³/mol. The summed E-state index contributed by atoms with van der Waals surface area (Å²) >= 11 is 1.07. The number of carboxylic acid groups (broad SMARTS) is 1. The molecule has 1 fully saturated rings. The molecule has 8 heteroatoms. The van der Waals surface area contributed by atoms with E-state index < -0.39 is 11.2 Å².